The molecule has 0 aromatic heterocycles. The normalized spacial score (nSPS) is 11.1. The van der Waals surface area contributed by atoms with Crippen LogP contribution in [0.1, 0.15) is 22.3 Å². The number of anilines is 3. The first kappa shape index (κ1) is 26.6. The fourth-order valence-electron chi connectivity index (χ4n) is 5.42. The first-order valence-electron chi connectivity index (χ1n) is 13.7. The Balaban J connectivity index is 1.35. The molecule has 0 amide bonds. The number of nitriles is 1. The Morgan fingerprint density at radius 2 is 1.29 bits per heavy atom. The topological polar surface area (TPSA) is 48.6 Å². The summed E-state index contributed by atoms with van der Waals surface area (Å²) in [7, 11) is 1.68. The van der Waals surface area contributed by atoms with Gasteiger partial charge in [-0.2, -0.15) is 5.26 Å². The van der Waals surface area contributed by atoms with Crippen molar-refractivity contribution in [2.45, 2.75) is 6.92 Å². The lowest BCUT2D eigenvalue weighted by Crippen LogP contribution is -2.09. The molecule has 0 heterocycles. The van der Waals surface area contributed by atoms with Crippen LogP contribution >= 0.6 is 0 Å². The number of para-hydroxylation sites is 1. The van der Waals surface area contributed by atoms with Gasteiger partial charge in [-0.1, -0.05) is 78.4 Å². The van der Waals surface area contributed by atoms with Gasteiger partial charge < -0.3 is 9.64 Å². The van der Waals surface area contributed by atoms with Gasteiger partial charge in [0, 0.05) is 27.8 Å². The molecule has 0 radical (unpaired) electrons. The molecule has 4 heteroatoms. The minimum Gasteiger partial charge on any atom is -0.497 e. The van der Waals surface area contributed by atoms with Crippen LogP contribution in [0.4, 0.5) is 22.7 Å². The van der Waals surface area contributed by atoms with Crippen LogP contribution in [0.15, 0.2) is 120 Å². The summed E-state index contributed by atoms with van der Waals surface area (Å²) in [5.74, 6) is 0.826. The zero-order chi connectivity index (χ0) is 29.1. The Morgan fingerprint density at radius 3 is 1.95 bits per heavy atom. The van der Waals surface area contributed by atoms with Gasteiger partial charge in [0.1, 0.15) is 11.8 Å². The second-order valence-corrected chi connectivity index (χ2v) is 10.1. The van der Waals surface area contributed by atoms with Crippen molar-refractivity contribution in [3.63, 3.8) is 0 Å². The first-order valence-corrected chi connectivity index (χ1v) is 13.7. The van der Waals surface area contributed by atoms with Gasteiger partial charge in [-0.15, -0.1) is 0 Å². The summed E-state index contributed by atoms with van der Waals surface area (Å²) in [6.07, 6.45) is 4.24. The van der Waals surface area contributed by atoms with Crippen molar-refractivity contribution in [3.8, 4) is 11.8 Å². The molecular formula is C38H29N3O. The molecule has 0 bridgehead atoms. The average molecular weight is 544 g/mol. The van der Waals surface area contributed by atoms with Crippen LogP contribution in [-0.4, -0.2) is 13.8 Å². The number of methoxy groups -OCH3 is 1. The Kier molecular flexibility index (Phi) is 7.24. The molecule has 6 rings (SSSR count). The number of rotatable bonds is 7. The first-order chi connectivity index (χ1) is 20.6. The summed E-state index contributed by atoms with van der Waals surface area (Å²) in [5.41, 5.74) is 7.70. The molecule has 6 aromatic carbocycles. The number of benzene rings is 6. The molecule has 0 spiro atoms. The van der Waals surface area contributed by atoms with Gasteiger partial charge in [0.05, 0.1) is 18.4 Å². The predicted octanol–water partition coefficient (Wildman–Crippen LogP) is 10.2. The summed E-state index contributed by atoms with van der Waals surface area (Å²) < 4.78 is 5.36. The van der Waals surface area contributed by atoms with Gasteiger partial charge in [0.25, 0.3) is 0 Å². The number of nitrogens with zero attached hydrogens (tertiary/aromatic N) is 3. The maximum atomic E-state index is 9.89. The molecule has 4 nitrogen and oxygen atoms in total. The quantitative estimate of drug-likeness (QED) is 0.114. The van der Waals surface area contributed by atoms with Gasteiger partial charge in [-0.05, 0) is 90.1 Å². The number of hydrogen-bond acceptors (Lipinski definition) is 4. The lowest BCUT2D eigenvalue weighted by atomic mass is 9.93. The van der Waals surface area contributed by atoms with Crippen LogP contribution in [0, 0.1) is 18.3 Å². The van der Waals surface area contributed by atoms with E-state index in [9.17, 15) is 5.26 Å². The highest BCUT2D eigenvalue weighted by Gasteiger charge is 2.14. The third-order valence-electron chi connectivity index (χ3n) is 7.50. The average Bonchev–Trinajstić information content (AvgIpc) is 3.04. The van der Waals surface area contributed by atoms with E-state index < -0.39 is 0 Å². The fraction of sp³-hybridized carbons (Fsp3) is 0.0526. The van der Waals surface area contributed by atoms with E-state index in [0.717, 1.165) is 61.0 Å². The molecule has 0 saturated carbocycles. The SMILES string of the molecule is C=Nc1c(C#N)c2ccc(C)cc2c2cc(C=Cc3ccc(N(c4ccccc4)c4ccc(OC)cc4)cc3)ccc12. The summed E-state index contributed by atoms with van der Waals surface area (Å²) in [5, 5.41) is 13.8. The fourth-order valence-corrected chi connectivity index (χ4v) is 5.42. The predicted molar refractivity (Wildman–Crippen MR) is 177 cm³/mol. The van der Waals surface area contributed by atoms with Gasteiger partial charge >= 0.3 is 0 Å². The summed E-state index contributed by atoms with van der Waals surface area (Å²) >= 11 is 0. The number of ether oxygens (including phenoxy) is 1. The molecule has 0 unspecified atom stereocenters. The third kappa shape index (κ3) is 5.00. The molecule has 0 aliphatic carbocycles. The molecule has 6 aromatic rings. The van der Waals surface area contributed by atoms with Crippen molar-refractivity contribution in [2.24, 2.45) is 4.99 Å². The van der Waals surface area contributed by atoms with Gasteiger partial charge in [-0.3, -0.25) is 4.99 Å². The largest absolute Gasteiger partial charge is 0.497 e. The van der Waals surface area contributed by atoms with E-state index in [1.165, 1.54) is 0 Å². The van der Waals surface area contributed by atoms with E-state index in [0.29, 0.717) is 11.3 Å². The van der Waals surface area contributed by atoms with Crippen LogP contribution in [-0.2, 0) is 0 Å². The number of aliphatic imine (C=N–C) groups is 1. The summed E-state index contributed by atoms with van der Waals surface area (Å²) in [6.45, 7) is 5.82. The van der Waals surface area contributed by atoms with E-state index in [1.807, 2.05) is 48.5 Å². The number of fused-ring (bicyclic) bond motifs is 3. The highest BCUT2D eigenvalue weighted by molar-refractivity contribution is 6.16. The molecule has 0 N–H and O–H groups in total. The van der Waals surface area contributed by atoms with Crippen molar-refractivity contribution in [3.05, 3.63) is 138 Å². The van der Waals surface area contributed by atoms with E-state index in [4.69, 9.17) is 4.74 Å². The Morgan fingerprint density at radius 1 is 0.690 bits per heavy atom. The van der Waals surface area contributed by atoms with Crippen LogP contribution in [0.25, 0.3) is 33.7 Å². The lowest BCUT2D eigenvalue weighted by molar-refractivity contribution is 0.415. The summed E-state index contributed by atoms with van der Waals surface area (Å²) in [4.78, 5) is 6.47. The molecule has 0 atom stereocenters. The number of aryl methyl sites for hydroxylation is 1. The van der Waals surface area contributed by atoms with E-state index in [1.54, 1.807) is 7.11 Å². The van der Waals surface area contributed by atoms with Crippen molar-refractivity contribution < 1.29 is 4.74 Å². The highest BCUT2D eigenvalue weighted by Crippen LogP contribution is 2.39. The van der Waals surface area contributed by atoms with E-state index >= 15 is 0 Å². The van der Waals surface area contributed by atoms with Crippen LogP contribution < -0.4 is 9.64 Å². The lowest BCUT2D eigenvalue weighted by Gasteiger charge is -2.25. The minimum atomic E-state index is 0.565. The van der Waals surface area contributed by atoms with Crippen molar-refractivity contribution in [2.75, 3.05) is 12.0 Å². The second kappa shape index (κ2) is 11.4. The number of hydrogen-bond donors (Lipinski definition) is 0. The minimum absolute atomic E-state index is 0.565. The van der Waals surface area contributed by atoms with Crippen molar-refractivity contribution >= 4 is 63.2 Å². The standard InChI is InChI=1S/C38H29N3O/c1-26-9-21-33-35(23-26)36-24-28(14-22-34(36)38(40-2)37(33)25-39)11-10-27-12-15-30(16-13-27)41(29-7-5-4-6-8-29)31-17-19-32(42-3)20-18-31/h4-24H,2H2,1,3H3. The zero-order valence-corrected chi connectivity index (χ0v) is 23.6. The van der Waals surface area contributed by atoms with Crippen LogP contribution in [0.3, 0.4) is 0 Å². The Labute approximate surface area is 246 Å². The Hall–Kier alpha value is -5.66. The molecule has 0 aliphatic heterocycles. The van der Waals surface area contributed by atoms with Crippen LogP contribution in [0.5, 0.6) is 5.75 Å². The maximum absolute atomic E-state index is 9.89. The summed E-state index contributed by atoms with van der Waals surface area (Å²) in [6, 6.07) is 41.7. The molecule has 0 saturated heterocycles. The van der Waals surface area contributed by atoms with Crippen LogP contribution in [0.2, 0.25) is 0 Å². The molecule has 42 heavy (non-hydrogen) atoms. The molecular weight excluding hydrogens is 514 g/mol. The second-order valence-electron chi connectivity index (χ2n) is 10.1. The maximum Gasteiger partial charge on any atom is 0.119 e. The highest BCUT2D eigenvalue weighted by atomic mass is 16.5. The van der Waals surface area contributed by atoms with E-state index in [-0.39, 0.29) is 0 Å². The van der Waals surface area contributed by atoms with Gasteiger partial charge in [0.15, 0.2) is 0 Å². The smallest absolute Gasteiger partial charge is 0.119 e. The zero-order valence-electron chi connectivity index (χ0n) is 23.6. The van der Waals surface area contributed by atoms with Gasteiger partial charge in [-0.25, -0.2) is 0 Å². The molecule has 202 valence electrons. The molecule has 0 fully saturated rings. The molecule has 0 aliphatic rings. The van der Waals surface area contributed by atoms with Crippen molar-refractivity contribution in [1.82, 2.24) is 0 Å². The van der Waals surface area contributed by atoms with Gasteiger partial charge in [0.2, 0.25) is 0 Å². The third-order valence-corrected chi connectivity index (χ3v) is 7.50. The Bertz CT molecular complexity index is 1980. The monoisotopic (exact) mass is 543 g/mol. The van der Waals surface area contributed by atoms with Crippen molar-refractivity contribution in [1.29, 1.82) is 5.26 Å². The van der Waals surface area contributed by atoms with E-state index in [2.05, 4.69) is 108 Å².